The van der Waals surface area contributed by atoms with Crippen molar-refractivity contribution in [1.82, 2.24) is 5.32 Å². The van der Waals surface area contributed by atoms with Crippen LogP contribution in [-0.4, -0.2) is 34.4 Å². The number of rotatable bonds is 1. The highest BCUT2D eigenvalue weighted by Gasteiger charge is 2.28. The van der Waals surface area contributed by atoms with E-state index in [9.17, 15) is 4.53 Å². The topological polar surface area (TPSA) is 39.7 Å². The second-order valence-corrected chi connectivity index (χ2v) is 8.49. The first kappa shape index (κ1) is 26.3. The first-order valence-electron chi connectivity index (χ1n) is 11.4. The van der Waals surface area contributed by atoms with Crippen LogP contribution in [0.1, 0.15) is 84.5 Å². The van der Waals surface area contributed by atoms with E-state index in [-0.39, 0.29) is 0 Å². The fraction of sp³-hybridized carbons (Fsp3) is 0.833. The van der Waals surface area contributed by atoms with Crippen LogP contribution in [0, 0.1) is 11.8 Å². The van der Waals surface area contributed by atoms with Gasteiger partial charge in [0.2, 0.25) is 0 Å². The molecular weight excluding hydrogens is 369 g/mol. The lowest BCUT2D eigenvalue weighted by Gasteiger charge is -2.36. The minimum absolute atomic E-state index is 0.823. The van der Waals surface area contributed by atoms with Crippen molar-refractivity contribution in [3.05, 3.63) is 22.3 Å². The molecule has 1 fully saturated rings. The maximum atomic E-state index is 9.79. The number of hydrogen-bond donors (Lipinski definition) is 1. The van der Waals surface area contributed by atoms with E-state index in [4.69, 9.17) is 0 Å². The number of allylic oxidation sites excluding steroid dienone is 4. The summed E-state index contributed by atoms with van der Waals surface area (Å²) in [6, 6.07) is 0. The van der Waals surface area contributed by atoms with Crippen molar-refractivity contribution >= 4 is 0 Å². The van der Waals surface area contributed by atoms with Crippen LogP contribution < -0.4 is 5.32 Å². The van der Waals surface area contributed by atoms with Crippen LogP contribution >= 0.6 is 0 Å². The van der Waals surface area contributed by atoms with Crippen molar-refractivity contribution in [2.75, 3.05) is 34.4 Å². The molecule has 0 atom stereocenters. The molecule has 1 heterocycles. The van der Waals surface area contributed by atoms with Gasteiger partial charge in [0, 0.05) is 0 Å². The van der Waals surface area contributed by atoms with Gasteiger partial charge in [-0.2, -0.15) is 4.94 Å². The van der Waals surface area contributed by atoms with Gasteiger partial charge in [-0.3, -0.25) is 0 Å². The SMILES string of the molecule is CC1C2=C(CCCC2)CC2=C1CCCC2.CC1CCNCC1.COF.COOC. The van der Waals surface area contributed by atoms with Crippen molar-refractivity contribution in [1.29, 1.82) is 0 Å². The Morgan fingerprint density at radius 3 is 1.52 bits per heavy atom. The van der Waals surface area contributed by atoms with E-state index in [1.807, 2.05) is 22.3 Å². The molecule has 3 aliphatic carbocycles. The minimum Gasteiger partial charge on any atom is -0.317 e. The molecule has 0 amide bonds. The summed E-state index contributed by atoms with van der Waals surface area (Å²) < 4.78 is 9.79. The molecule has 4 aliphatic rings. The van der Waals surface area contributed by atoms with E-state index in [0.717, 1.165) is 18.9 Å². The first-order valence-corrected chi connectivity index (χ1v) is 11.4. The van der Waals surface area contributed by atoms with Crippen LogP contribution in [-0.2, 0) is 14.7 Å². The Morgan fingerprint density at radius 1 is 0.759 bits per heavy atom. The van der Waals surface area contributed by atoms with Gasteiger partial charge in [-0.15, -0.1) is 0 Å². The molecule has 0 aromatic rings. The van der Waals surface area contributed by atoms with Gasteiger partial charge in [-0.05, 0) is 100 Å². The maximum Gasteiger partial charge on any atom is 0.0766 e. The lowest BCUT2D eigenvalue weighted by molar-refractivity contribution is -0.248. The zero-order valence-corrected chi connectivity index (χ0v) is 19.4. The number of nitrogens with one attached hydrogen (secondary N) is 1. The summed E-state index contributed by atoms with van der Waals surface area (Å²) in [6.45, 7) is 7.27. The molecule has 4 rings (SSSR count). The van der Waals surface area contributed by atoms with Gasteiger partial charge in [-0.25, -0.2) is 9.78 Å². The van der Waals surface area contributed by atoms with Gasteiger partial charge < -0.3 is 5.32 Å². The number of halogens is 1. The molecule has 5 heteroatoms. The minimum atomic E-state index is 0.823. The van der Waals surface area contributed by atoms with Gasteiger partial charge in [0.1, 0.15) is 0 Å². The molecule has 1 aliphatic heterocycles. The molecule has 0 radical (unpaired) electrons. The van der Waals surface area contributed by atoms with Crippen LogP contribution in [0.3, 0.4) is 0 Å². The highest BCUT2D eigenvalue weighted by atomic mass is 19.3. The summed E-state index contributed by atoms with van der Waals surface area (Å²) in [6.07, 6.45) is 15.6. The average Bonchev–Trinajstić information content (AvgIpc) is 2.76. The van der Waals surface area contributed by atoms with Crippen molar-refractivity contribution < 1.29 is 19.2 Å². The lowest BCUT2D eigenvalue weighted by atomic mass is 9.70. The summed E-state index contributed by atoms with van der Waals surface area (Å²) in [7, 11) is 3.88. The second kappa shape index (κ2) is 16.0. The summed E-state index contributed by atoms with van der Waals surface area (Å²) in [5.41, 5.74) is 7.38. The third-order valence-electron chi connectivity index (χ3n) is 6.52. The van der Waals surface area contributed by atoms with Crippen molar-refractivity contribution in [2.24, 2.45) is 11.8 Å². The zero-order valence-electron chi connectivity index (χ0n) is 19.4. The fourth-order valence-corrected chi connectivity index (χ4v) is 4.87. The Balaban J connectivity index is 0.000000251. The Morgan fingerprint density at radius 2 is 1.17 bits per heavy atom. The van der Waals surface area contributed by atoms with Gasteiger partial charge in [0.15, 0.2) is 0 Å². The van der Waals surface area contributed by atoms with Crippen molar-refractivity contribution in [2.45, 2.75) is 84.5 Å². The van der Waals surface area contributed by atoms with Crippen LogP contribution in [0.15, 0.2) is 22.3 Å². The van der Waals surface area contributed by atoms with E-state index in [1.165, 1.54) is 97.9 Å². The van der Waals surface area contributed by atoms with Crippen LogP contribution in [0.4, 0.5) is 4.53 Å². The molecule has 0 aromatic carbocycles. The van der Waals surface area contributed by atoms with Gasteiger partial charge >= 0.3 is 0 Å². The predicted molar refractivity (Wildman–Crippen MR) is 118 cm³/mol. The monoisotopic (exact) mass is 413 g/mol. The van der Waals surface area contributed by atoms with E-state index in [2.05, 4.69) is 33.9 Å². The van der Waals surface area contributed by atoms with Crippen LogP contribution in [0.5, 0.6) is 0 Å². The summed E-state index contributed by atoms with van der Waals surface area (Å²) in [4.78, 5) is 10.8. The molecule has 170 valence electrons. The summed E-state index contributed by atoms with van der Waals surface area (Å²) in [5, 5.41) is 3.32. The summed E-state index contributed by atoms with van der Waals surface area (Å²) >= 11 is 0. The molecule has 0 aromatic heterocycles. The van der Waals surface area contributed by atoms with Crippen molar-refractivity contribution in [3.63, 3.8) is 0 Å². The number of piperidine rings is 1. The van der Waals surface area contributed by atoms with Crippen LogP contribution in [0.25, 0.3) is 0 Å². The van der Waals surface area contributed by atoms with Gasteiger partial charge in [-0.1, -0.05) is 36.1 Å². The average molecular weight is 414 g/mol. The maximum absolute atomic E-state index is 9.79. The smallest absolute Gasteiger partial charge is 0.0766 e. The van der Waals surface area contributed by atoms with Crippen molar-refractivity contribution in [3.8, 4) is 0 Å². The Labute approximate surface area is 178 Å². The molecule has 1 saturated heterocycles. The highest BCUT2D eigenvalue weighted by Crippen LogP contribution is 2.46. The standard InChI is InChI=1S/C15H22.C6H13N.C2H6O2.CH3FO/c1-11-14-8-4-2-6-12(14)10-13-7-3-5-9-15(11)13;1-6-2-4-7-5-3-6;1-3-4-2;1-3-2/h11H,2-10H2,1H3;6-7H,2-5H2,1H3;1-2H3;1H3. The zero-order chi connectivity index (χ0) is 21.5. The Bertz CT molecular complexity index is 464. The summed E-state index contributed by atoms with van der Waals surface area (Å²) in [5.74, 6) is 1.80. The molecule has 0 spiro atoms. The van der Waals surface area contributed by atoms with Gasteiger partial charge in [0.05, 0.1) is 21.3 Å². The van der Waals surface area contributed by atoms with Gasteiger partial charge in [0.25, 0.3) is 0 Å². The second-order valence-electron chi connectivity index (χ2n) is 8.49. The lowest BCUT2D eigenvalue weighted by Crippen LogP contribution is -2.26. The molecule has 0 bridgehead atoms. The Kier molecular flexibility index (Phi) is 14.5. The molecular formula is C24H44FNO3. The normalized spacial score (nSPS) is 22.1. The van der Waals surface area contributed by atoms with E-state index < -0.39 is 0 Å². The first-order chi connectivity index (χ1) is 14.1. The Hall–Kier alpha value is -0.750. The third kappa shape index (κ3) is 9.73. The van der Waals surface area contributed by atoms with E-state index in [1.54, 1.807) is 0 Å². The molecule has 0 unspecified atom stereocenters. The fourth-order valence-electron chi connectivity index (χ4n) is 4.87. The molecule has 0 saturated carbocycles. The quantitative estimate of drug-likeness (QED) is 0.303. The van der Waals surface area contributed by atoms with E-state index in [0.29, 0.717) is 0 Å². The molecule has 29 heavy (non-hydrogen) atoms. The molecule has 1 N–H and O–H groups in total. The third-order valence-corrected chi connectivity index (χ3v) is 6.52. The van der Waals surface area contributed by atoms with Crippen LogP contribution in [0.2, 0.25) is 0 Å². The van der Waals surface area contributed by atoms with E-state index >= 15 is 0 Å². The number of hydrogen-bond acceptors (Lipinski definition) is 4. The molecule has 4 nitrogen and oxygen atoms in total. The highest BCUT2D eigenvalue weighted by molar-refractivity contribution is 5.39. The predicted octanol–water partition coefficient (Wildman–Crippen LogP) is 6.48. The largest absolute Gasteiger partial charge is 0.317 e.